The zero-order valence-corrected chi connectivity index (χ0v) is 21.4. The number of para-hydroxylation sites is 1. The van der Waals surface area contributed by atoms with Gasteiger partial charge in [0.2, 0.25) is 5.91 Å². The Morgan fingerprint density at radius 3 is 2.78 bits per heavy atom. The normalized spacial score (nSPS) is 14.9. The lowest BCUT2D eigenvalue weighted by Crippen LogP contribution is -2.48. The third kappa shape index (κ3) is 6.12. The van der Waals surface area contributed by atoms with E-state index in [4.69, 9.17) is 9.47 Å². The lowest BCUT2D eigenvalue weighted by Gasteiger charge is -2.37. The van der Waals surface area contributed by atoms with Crippen molar-refractivity contribution in [3.05, 3.63) is 87.4 Å². The van der Waals surface area contributed by atoms with Crippen LogP contribution in [0.15, 0.2) is 60.0 Å². The molecule has 0 unspecified atom stereocenters. The Hall–Kier alpha value is -3.23. The van der Waals surface area contributed by atoms with Gasteiger partial charge in [0.1, 0.15) is 13.2 Å². The van der Waals surface area contributed by atoms with Crippen LogP contribution in [0.3, 0.4) is 0 Å². The number of carbonyl (C=O) groups is 2. The van der Waals surface area contributed by atoms with E-state index in [1.54, 1.807) is 52.5 Å². The highest BCUT2D eigenvalue weighted by atomic mass is 32.1. The first kappa shape index (κ1) is 25.9. The number of hydrogen-bond donors (Lipinski definition) is 0. The van der Waals surface area contributed by atoms with Crippen LogP contribution in [0.5, 0.6) is 5.75 Å². The topological polar surface area (TPSA) is 59.1 Å². The molecule has 2 aromatic carbocycles. The number of methoxy groups -OCH3 is 1. The molecule has 2 heterocycles. The van der Waals surface area contributed by atoms with E-state index < -0.39 is 5.82 Å². The first-order chi connectivity index (χ1) is 17.5. The second-order valence-corrected chi connectivity index (χ2v) is 9.84. The highest BCUT2D eigenvalue weighted by molar-refractivity contribution is 7.10. The molecule has 3 aromatic rings. The van der Waals surface area contributed by atoms with Gasteiger partial charge in [-0.1, -0.05) is 29.8 Å². The van der Waals surface area contributed by atoms with Gasteiger partial charge in [0.25, 0.3) is 5.91 Å². The van der Waals surface area contributed by atoms with Crippen molar-refractivity contribution in [2.75, 3.05) is 40.0 Å². The lowest BCUT2D eigenvalue weighted by atomic mass is 10.00. The van der Waals surface area contributed by atoms with E-state index in [0.717, 1.165) is 17.5 Å². The fourth-order valence-corrected chi connectivity index (χ4v) is 5.40. The Kier molecular flexibility index (Phi) is 8.72. The molecule has 1 atom stereocenters. The Bertz CT molecular complexity index is 1200. The van der Waals surface area contributed by atoms with Gasteiger partial charge in [-0.05, 0) is 61.0 Å². The molecule has 0 radical (unpaired) electrons. The van der Waals surface area contributed by atoms with Crippen LogP contribution < -0.4 is 4.74 Å². The summed E-state index contributed by atoms with van der Waals surface area (Å²) in [6.45, 7) is 3.43. The molecule has 190 valence electrons. The van der Waals surface area contributed by atoms with Crippen LogP contribution in [-0.2, 0) is 16.0 Å². The van der Waals surface area contributed by atoms with Crippen molar-refractivity contribution in [3.63, 3.8) is 0 Å². The molecule has 1 aliphatic heterocycles. The first-order valence-corrected chi connectivity index (χ1v) is 12.9. The Labute approximate surface area is 215 Å². The van der Waals surface area contributed by atoms with Crippen molar-refractivity contribution < 1.29 is 23.5 Å². The average molecular weight is 511 g/mol. The second-order valence-electron chi connectivity index (χ2n) is 8.84. The maximum Gasteiger partial charge on any atom is 0.254 e. The summed E-state index contributed by atoms with van der Waals surface area (Å²) in [5, 5.41) is 2.01. The van der Waals surface area contributed by atoms with Crippen molar-refractivity contribution >= 4 is 23.2 Å². The van der Waals surface area contributed by atoms with Crippen LogP contribution in [0.1, 0.15) is 38.8 Å². The van der Waals surface area contributed by atoms with E-state index in [1.807, 2.05) is 36.6 Å². The fraction of sp³-hybridized carbons (Fsp3) is 0.357. The minimum Gasteiger partial charge on any atom is -0.488 e. The van der Waals surface area contributed by atoms with Crippen LogP contribution in [0.2, 0.25) is 0 Å². The average Bonchev–Trinajstić information content (AvgIpc) is 3.36. The predicted molar refractivity (Wildman–Crippen MR) is 138 cm³/mol. The van der Waals surface area contributed by atoms with Gasteiger partial charge in [0, 0.05) is 37.2 Å². The number of hydrogen-bond acceptors (Lipinski definition) is 5. The quantitative estimate of drug-likeness (QED) is 0.365. The third-order valence-electron chi connectivity index (χ3n) is 6.30. The second kappa shape index (κ2) is 12.1. The minimum absolute atomic E-state index is 0.0494. The van der Waals surface area contributed by atoms with Crippen molar-refractivity contribution in [1.29, 1.82) is 0 Å². The number of fused-ring (bicyclic) bond motifs is 1. The van der Waals surface area contributed by atoms with Crippen molar-refractivity contribution in [2.45, 2.75) is 25.8 Å². The number of nitrogens with zero attached hydrogens (tertiary/aromatic N) is 2. The molecule has 0 aliphatic carbocycles. The minimum atomic E-state index is -0.440. The third-order valence-corrected chi connectivity index (χ3v) is 7.30. The molecule has 1 aliphatic rings. The summed E-state index contributed by atoms with van der Waals surface area (Å²) in [5.74, 6) is -0.629. The molecule has 0 spiro atoms. The molecule has 0 N–H and O–H groups in total. The Morgan fingerprint density at radius 1 is 1.17 bits per heavy atom. The summed E-state index contributed by atoms with van der Waals surface area (Å²) >= 11 is 1.65. The molecule has 36 heavy (non-hydrogen) atoms. The van der Waals surface area contributed by atoms with Crippen molar-refractivity contribution in [1.82, 2.24) is 9.80 Å². The smallest absolute Gasteiger partial charge is 0.254 e. The van der Waals surface area contributed by atoms with Gasteiger partial charge in [-0.2, -0.15) is 0 Å². The molecule has 2 amide bonds. The molecule has 1 aromatic heterocycles. The summed E-state index contributed by atoms with van der Waals surface area (Å²) in [6.07, 6.45) is 1.36. The van der Waals surface area contributed by atoms with E-state index in [2.05, 4.69) is 0 Å². The van der Waals surface area contributed by atoms with Gasteiger partial charge in [-0.25, -0.2) is 4.39 Å². The van der Waals surface area contributed by atoms with Crippen molar-refractivity contribution in [3.8, 4) is 5.75 Å². The molecular weight excluding hydrogens is 479 g/mol. The van der Waals surface area contributed by atoms with Gasteiger partial charge in [-0.3, -0.25) is 9.59 Å². The molecule has 6 nitrogen and oxygen atoms in total. The van der Waals surface area contributed by atoms with Gasteiger partial charge in [0.15, 0.2) is 11.6 Å². The van der Waals surface area contributed by atoms with E-state index >= 15 is 0 Å². The maximum atomic E-state index is 14.2. The fourth-order valence-electron chi connectivity index (χ4n) is 4.47. The molecule has 0 saturated heterocycles. The van der Waals surface area contributed by atoms with Gasteiger partial charge < -0.3 is 19.3 Å². The molecular formula is C28H31FN2O4S. The van der Waals surface area contributed by atoms with Gasteiger partial charge in [-0.15, -0.1) is 11.3 Å². The summed E-state index contributed by atoms with van der Waals surface area (Å²) < 4.78 is 25.2. The molecule has 0 saturated carbocycles. The Balaban J connectivity index is 1.53. The van der Waals surface area contributed by atoms with Gasteiger partial charge in [0.05, 0.1) is 6.04 Å². The largest absolute Gasteiger partial charge is 0.488 e. The maximum absolute atomic E-state index is 14.2. The zero-order chi connectivity index (χ0) is 25.5. The number of aryl methyl sites for hydroxylation is 1. The van der Waals surface area contributed by atoms with Crippen LogP contribution in [-0.4, -0.2) is 61.6 Å². The number of halogens is 1. The van der Waals surface area contributed by atoms with Gasteiger partial charge >= 0.3 is 0 Å². The first-order valence-electron chi connectivity index (χ1n) is 12.1. The van der Waals surface area contributed by atoms with E-state index in [1.165, 1.54) is 10.9 Å². The summed E-state index contributed by atoms with van der Waals surface area (Å²) in [4.78, 5) is 31.5. The zero-order valence-electron chi connectivity index (χ0n) is 20.6. The lowest BCUT2D eigenvalue weighted by molar-refractivity contribution is -0.135. The van der Waals surface area contributed by atoms with Crippen molar-refractivity contribution in [2.24, 2.45) is 0 Å². The standard InChI is InChI=1S/C28H31FN2O4S/c1-20-7-5-8-21(17-20)28(33)30(13-6-15-34-2)18-27(32)31-14-11-26-22(12-16-36-26)24(31)19-35-25-10-4-3-9-23(25)29/h3-5,7-10,12,16-17,24H,6,11,13-15,18-19H2,1-2H3/t24-/m0/s1. The van der Waals surface area contributed by atoms with E-state index in [-0.39, 0.29) is 36.8 Å². The summed E-state index contributed by atoms with van der Waals surface area (Å²) in [6, 6.07) is 15.3. The van der Waals surface area contributed by atoms with Crippen LogP contribution in [0, 0.1) is 12.7 Å². The SMILES string of the molecule is COCCCN(CC(=O)N1CCc2sccc2[C@@H]1COc1ccccc1F)C(=O)c1cccc(C)c1. The van der Waals surface area contributed by atoms with Crippen LogP contribution in [0.25, 0.3) is 0 Å². The monoisotopic (exact) mass is 510 g/mol. The number of benzene rings is 2. The summed E-state index contributed by atoms with van der Waals surface area (Å²) in [5.41, 5.74) is 2.56. The summed E-state index contributed by atoms with van der Waals surface area (Å²) in [7, 11) is 1.62. The molecule has 8 heteroatoms. The van der Waals surface area contributed by atoms with E-state index in [9.17, 15) is 14.0 Å². The number of carbonyl (C=O) groups excluding carboxylic acids is 2. The molecule has 0 fully saturated rings. The number of thiophene rings is 1. The number of rotatable bonds is 10. The Morgan fingerprint density at radius 2 is 2.00 bits per heavy atom. The number of amides is 2. The van der Waals surface area contributed by atoms with Crippen LogP contribution >= 0.6 is 11.3 Å². The highest BCUT2D eigenvalue weighted by Gasteiger charge is 2.33. The molecule has 4 rings (SSSR count). The van der Waals surface area contributed by atoms with E-state index in [0.29, 0.717) is 31.7 Å². The molecule has 0 bridgehead atoms. The number of ether oxygens (including phenoxy) is 2. The predicted octanol–water partition coefficient (Wildman–Crippen LogP) is 4.88. The van der Waals surface area contributed by atoms with Crippen LogP contribution in [0.4, 0.5) is 4.39 Å². The highest BCUT2D eigenvalue weighted by Crippen LogP contribution is 2.34.